The quantitative estimate of drug-likeness (QED) is 0.915. The molecule has 0 spiro atoms. The summed E-state index contributed by atoms with van der Waals surface area (Å²) >= 11 is 5.72. The zero-order chi connectivity index (χ0) is 13.0. The SMILES string of the molecule is CCCN(C(=O)c1ccc(Cl)o1)C1CCNCC1. The Morgan fingerprint density at radius 2 is 2.22 bits per heavy atom. The number of rotatable bonds is 4. The van der Waals surface area contributed by atoms with E-state index in [-0.39, 0.29) is 11.1 Å². The van der Waals surface area contributed by atoms with Gasteiger partial charge in [0.1, 0.15) is 0 Å². The van der Waals surface area contributed by atoms with Gasteiger partial charge in [0.05, 0.1) is 0 Å². The van der Waals surface area contributed by atoms with Crippen LogP contribution in [0.15, 0.2) is 16.5 Å². The summed E-state index contributed by atoms with van der Waals surface area (Å²) in [6.07, 6.45) is 2.95. The summed E-state index contributed by atoms with van der Waals surface area (Å²) < 4.78 is 5.22. The highest BCUT2D eigenvalue weighted by Crippen LogP contribution is 2.19. The summed E-state index contributed by atoms with van der Waals surface area (Å²) in [7, 11) is 0. The molecule has 1 N–H and O–H groups in total. The normalized spacial score (nSPS) is 16.8. The monoisotopic (exact) mass is 270 g/mol. The number of hydrogen-bond acceptors (Lipinski definition) is 3. The number of carbonyl (C=O) groups excluding carboxylic acids is 1. The fourth-order valence-electron chi connectivity index (χ4n) is 2.38. The van der Waals surface area contributed by atoms with Crippen molar-refractivity contribution in [2.45, 2.75) is 32.2 Å². The van der Waals surface area contributed by atoms with Crippen LogP contribution in [0.25, 0.3) is 0 Å². The first kappa shape index (κ1) is 13.4. The van der Waals surface area contributed by atoms with E-state index in [0.29, 0.717) is 11.8 Å². The van der Waals surface area contributed by atoms with E-state index in [0.717, 1.165) is 38.9 Å². The highest BCUT2D eigenvalue weighted by atomic mass is 35.5. The number of nitrogens with one attached hydrogen (secondary N) is 1. The third-order valence-corrected chi connectivity index (χ3v) is 3.46. The average Bonchev–Trinajstić information content (AvgIpc) is 2.83. The average molecular weight is 271 g/mol. The van der Waals surface area contributed by atoms with Gasteiger partial charge in [-0.1, -0.05) is 6.92 Å². The van der Waals surface area contributed by atoms with E-state index in [1.165, 1.54) is 0 Å². The first-order valence-corrected chi connectivity index (χ1v) is 6.87. The molecule has 18 heavy (non-hydrogen) atoms. The Labute approximate surface area is 112 Å². The number of carbonyl (C=O) groups is 1. The van der Waals surface area contributed by atoms with Gasteiger partial charge in [-0.2, -0.15) is 0 Å². The molecule has 1 aromatic heterocycles. The topological polar surface area (TPSA) is 45.5 Å². The van der Waals surface area contributed by atoms with Crippen molar-refractivity contribution in [1.29, 1.82) is 0 Å². The van der Waals surface area contributed by atoms with E-state index in [2.05, 4.69) is 12.2 Å². The van der Waals surface area contributed by atoms with Crippen LogP contribution in [-0.4, -0.2) is 36.5 Å². The molecule has 1 fully saturated rings. The van der Waals surface area contributed by atoms with Crippen molar-refractivity contribution in [2.24, 2.45) is 0 Å². The number of piperidine rings is 1. The summed E-state index contributed by atoms with van der Waals surface area (Å²) in [5, 5.41) is 3.58. The first-order chi connectivity index (χ1) is 8.72. The van der Waals surface area contributed by atoms with Gasteiger partial charge in [-0.25, -0.2) is 0 Å². The predicted molar refractivity (Wildman–Crippen MR) is 70.9 cm³/mol. The Morgan fingerprint density at radius 3 is 2.78 bits per heavy atom. The standard InChI is InChI=1S/C13H19ClN2O2/c1-2-9-16(10-5-7-15-8-6-10)13(17)11-3-4-12(14)18-11/h3-4,10,15H,2,5-9H2,1H3. The molecule has 0 aliphatic carbocycles. The van der Waals surface area contributed by atoms with Crippen molar-refractivity contribution in [2.75, 3.05) is 19.6 Å². The zero-order valence-corrected chi connectivity index (χ0v) is 11.4. The fourth-order valence-corrected chi connectivity index (χ4v) is 2.53. The minimum Gasteiger partial charge on any atom is -0.440 e. The summed E-state index contributed by atoms with van der Waals surface area (Å²) in [4.78, 5) is 14.3. The highest BCUT2D eigenvalue weighted by Gasteiger charge is 2.27. The van der Waals surface area contributed by atoms with Crippen LogP contribution >= 0.6 is 11.6 Å². The number of amides is 1. The van der Waals surface area contributed by atoms with Crippen molar-refractivity contribution in [3.8, 4) is 0 Å². The second-order valence-electron chi connectivity index (χ2n) is 4.58. The van der Waals surface area contributed by atoms with Crippen LogP contribution in [0, 0.1) is 0 Å². The minimum atomic E-state index is -0.0457. The minimum absolute atomic E-state index is 0.0457. The lowest BCUT2D eigenvalue weighted by Crippen LogP contribution is -2.46. The van der Waals surface area contributed by atoms with Crippen molar-refractivity contribution >= 4 is 17.5 Å². The Hall–Kier alpha value is -1.00. The zero-order valence-electron chi connectivity index (χ0n) is 10.6. The van der Waals surface area contributed by atoms with Gasteiger partial charge in [0.15, 0.2) is 11.0 Å². The maximum Gasteiger partial charge on any atom is 0.289 e. The molecular formula is C13H19ClN2O2. The molecule has 2 rings (SSSR count). The Morgan fingerprint density at radius 1 is 1.50 bits per heavy atom. The van der Waals surface area contributed by atoms with Crippen LogP contribution in [0.1, 0.15) is 36.7 Å². The third-order valence-electron chi connectivity index (χ3n) is 3.26. The Kier molecular flexibility index (Phi) is 4.66. The summed E-state index contributed by atoms with van der Waals surface area (Å²) in [5.74, 6) is 0.294. The molecule has 0 saturated carbocycles. The van der Waals surface area contributed by atoms with Gasteiger partial charge in [0, 0.05) is 12.6 Å². The molecule has 100 valence electrons. The molecule has 4 nitrogen and oxygen atoms in total. The molecule has 1 saturated heterocycles. The van der Waals surface area contributed by atoms with E-state index in [9.17, 15) is 4.79 Å². The Bertz CT molecular complexity index is 399. The number of halogens is 1. The Balaban J connectivity index is 2.10. The molecule has 2 heterocycles. The summed E-state index contributed by atoms with van der Waals surface area (Å²) in [5.41, 5.74) is 0. The number of nitrogens with zero attached hydrogens (tertiary/aromatic N) is 1. The van der Waals surface area contributed by atoms with E-state index < -0.39 is 0 Å². The van der Waals surface area contributed by atoms with Crippen LogP contribution < -0.4 is 5.32 Å². The van der Waals surface area contributed by atoms with Crippen molar-refractivity contribution in [1.82, 2.24) is 10.2 Å². The smallest absolute Gasteiger partial charge is 0.289 e. The van der Waals surface area contributed by atoms with E-state index >= 15 is 0 Å². The van der Waals surface area contributed by atoms with Gasteiger partial charge in [-0.15, -0.1) is 0 Å². The maximum atomic E-state index is 12.4. The van der Waals surface area contributed by atoms with Gasteiger partial charge in [-0.05, 0) is 56.1 Å². The molecule has 0 bridgehead atoms. The molecule has 0 atom stereocenters. The lowest BCUT2D eigenvalue weighted by molar-refractivity contribution is 0.0610. The molecule has 1 amide bonds. The van der Waals surface area contributed by atoms with Crippen molar-refractivity contribution < 1.29 is 9.21 Å². The molecule has 0 aromatic carbocycles. The van der Waals surface area contributed by atoms with Crippen LogP contribution in [0.4, 0.5) is 0 Å². The third kappa shape index (κ3) is 3.06. The van der Waals surface area contributed by atoms with Gasteiger partial charge in [0.2, 0.25) is 0 Å². The molecule has 0 radical (unpaired) electrons. The van der Waals surface area contributed by atoms with Crippen molar-refractivity contribution in [3.05, 3.63) is 23.1 Å². The molecule has 1 aliphatic heterocycles. The van der Waals surface area contributed by atoms with Gasteiger partial charge in [-0.3, -0.25) is 4.79 Å². The van der Waals surface area contributed by atoms with E-state index in [1.807, 2.05) is 4.90 Å². The van der Waals surface area contributed by atoms with Crippen LogP contribution in [0.3, 0.4) is 0 Å². The maximum absolute atomic E-state index is 12.4. The molecular weight excluding hydrogens is 252 g/mol. The second kappa shape index (κ2) is 6.25. The van der Waals surface area contributed by atoms with Crippen molar-refractivity contribution in [3.63, 3.8) is 0 Å². The van der Waals surface area contributed by atoms with Crippen LogP contribution in [0.2, 0.25) is 5.22 Å². The van der Waals surface area contributed by atoms with Crippen LogP contribution in [-0.2, 0) is 0 Å². The second-order valence-corrected chi connectivity index (χ2v) is 4.96. The fraction of sp³-hybridized carbons (Fsp3) is 0.615. The van der Waals surface area contributed by atoms with Crippen LogP contribution in [0.5, 0.6) is 0 Å². The summed E-state index contributed by atoms with van der Waals surface area (Å²) in [6.45, 7) is 4.78. The highest BCUT2D eigenvalue weighted by molar-refractivity contribution is 6.29. The number of furan rings is 1. The summed E-state index contributed by atoms with van der Waals surface area (Å²) in [6, 6.07) is 3.57. The molecule has 0 unspecified atom stereocenters. The predicted octanol–water partition coefficient (Wildman–Crippen LogP) is 2.54. The van der Waals surface area contributed by atoms with Gasteiger partial charge >= 0.3 is 0 Å². The van der Waals surface area contributed by atoms with Gasteiger partial charge < -0.3 is 14.6 Å². The largest absolute Gasteiger partial charge is 0.440 e. The molecule has 1 aromatic rings. The number of hydrogen-bond donors (Lipinski definition) is 1. The first-order valence-electron chi connectivity index (χ1n) is 6.49. The lowest BCUT2D eigenvalue weighted by atomic mass is 10.0. The van der Waals surface area contributed by atoms with E-state index in [1.54, 1.807) is 12.1 Å². The molecule has 5 heteroatoms. The van der Waals surface area contributed by atoms with Gasteiger partial charge in [0.25, 0.3) is 5.91 Å². The molecule has 1 aliphatic rings. The van der Waals surface area contributed by atoms with E-state index in [4.69, 9.17) is 16.0 Å². The lowest BCUT2D eigenvalue weighted by Gasteiger charge is -2.34.